The van der Waals surface area contributed by atoms with Gasteiger partial charge in [0.05, 0.1) is 5.56 Å². The van der Waals surface area contributed by atoms with E-state index in [1.807, 2.05) is 32.2 Å². The molecule has 0 aliphatic rings. The monoisotopic (exact) mass is 258 g/mol. The zero-order valence-electron chi connectivity index (χ0n) is 12.0. The minimum absolute atomic E-state index is 0.0467. The van der Waals surface area contributed by atoms with Gasteiger partial charge in [-0.1, -0.05) is 38.0 Å². The summed E-state index contributed by atoms with van der Waals surface area (Å²) in [6, 6.07) is 8.06. The normalized spacial score (nSPS) is 10.9. The van der Waals surface area contributed by atoms with Crippen molar-refractivity contribution >= 4 is 16.8 Å². The highest BCUT2D eigenvalue weighted by Crippen LogP contribution is 2.24. The van der Waals surface area contributed by atoms with E-state index in [0.717, 1.165) is 41.5 Å². The Morgan fingerprint density at radius 3 is 2.74 bits per heavy atom. The lowest BCUT2D eigenvalue weighted by atomic mass is 10.1. The fourth-order valence-electron chi connectivity index (χ4n) is 2.47. The molecular formula is C16H22N2O. The lowest BCUT2D eigenvalue weighted by Gasteiger charge is -2.05. The molecular weight excluding hydrogens is 236 g/mol. The minimum atomic E-state index is 0.0467. The van der Waals surface area contributed by atoms with Crippen molar-refractivity contribution in [3.8, 4) is 0 Å². The van der Waals surface area contributed by atoms with Gasteiger partial charge >= 0.3 is 0 Å². The Morgan fingerprint density at radius 2 is 2.00 bits per heavy atom. The average Bonchev–Trinajstić information content (AvgIpc) is 2.68. The number of fused-ring (bicyclic) bond motifs is 1. The Morgan fingerprint density at radius 1 is 1.26 bits per heavy atom. The quantitative estimate of drug-likeness (QED) is 0.819. The molecule has 0 aliphatic heterocycles. The van der Waals surface area contributed by atoms with Gasteiger partial charge in [0.1, 0.15) is 0 Å². The van der Waals surface area contributed by atoms with Crippen LogP contribution in [-0.2, 0) is 7.05 Å². The number of aromatic nitrogens is 1. The highest BCUT2D eigenvalue weighted by molar-refractivity contribution is 6.08. The molecule has 1 N–H and O–H groups in total. The number of unbranched alkanes of at least 4 members (excludes halogenated alkanes) is 2. The second-order valence-corrected chi connectivity index (χ2v) is 5.00. The van der Waals surface area contributed by atoms with Gasteiger partial charge in [-0.05, 0) is 19.4 Å². The van der Waals surface area contributed by atoms with Crippen LogP contribution in [-0.4, -0.2) is 17.0 Å². The van der Waals surface area contributed by atoms with Crippen LogP contribution in [0.3, 0.4) is 0 Å². The van der Waals surface area contributed by atoms with Crippen LogP contribution >= 0.6 is 0 Å². The van der Waals surface area contributed by atoms with Gasteiger partial charge < -0.3 is 9.88 Å². The molecule has 3 nitrogen and oxygen atoms in total. The van der Waals surface area contributed by atoms with Crippen LogP contribution in [0.2, 0.25) is 0 Å². The Bertz CT molecular complexity index is 584. The molecule has 0 fully saturated rings. The molecule has 3 heteroatoms. The Balaban J connectivity index is 2.24. The van der Waals surface area contributed by atoms with Gasteiger partial charge in [-0.3, -0.25) is 4.79 Å². The summed E-state index contributed by atoms with van der Waals surface area (Å²) in [6.07, 6.45) is 3.38. The zero-order chi connectivity index (χ0) is 13.8. The summed E-state index contributed by atoms with van der Waals surface area (Å²) in [4.78, 5) is 12.3. The van der Waals surface area contributed by atoms with Crippen molar-refractivity contribution in [2.75, 3.05) is 6.54 Å². The second-order valence-electron chi connectivity index (χ2n) is 5.00. The van der Waals surface area contributed by atoms with Gasteiger partial charge in [0, 0.05) is 30.2 Å². The van der Waals surface area contributed by atoms with Crippen molar-refractivity contribution in [2.45, 2.75) is 33.1 Å². The molecule has 102 valence electrons. The number of amides is 1. The number of benzene rings is 1. The van der Waals surface area contributed by atoms with Crippen LogP contribution < -0.4 is 5.32 Å². The smallest absolute Gasteiger partial charge is 0.253 e. The van der Waals surface area contributed by atoms with Crippen LogP contribution in [0.25, 0.3) is 10.9 Å². The van der Waals surface area contributed by atoms with E-state index >= 15 is 0 Å². The molecule has 0 spiro atoms. The van der Waals surface area contributed by atoms with Gasteiger partial charge in [0.2, 0.25) is 0 Å². The first kappa shape index (κ1) is 13.7. The molecule has 0 saturated carbocycles. The number of para-hydroxylation sites is 1. The molecule has 2 rings (SSSR count). The fraction of sp³-hybridized carbons (Fsp3) is 0.438. The third-order valence-corrected chi connectivity index (χ3v) is 3.69. The second kappa shape index (κ2) is 5.91. The number of carbonyl (C=O) groups excluding carboxylic acids is 1. The molecule has 0 radical (unpaired) electrons. The van der Waals surface area contributed by atoms with E-state index in [4.69, 9.17) is 0 Å². The van der Waals surface area contributed by atoms with E-state index < -0.39 is 0 Å². The maximum Gasteiger partial charge on any atom is 0.253 e. The number of hydrogen-bond acceptors (Lipinski definition) is 1. The lowest BCUT2D eigenvalue weighted by Crippen LogP contribution is -2.25. The number of carbonyl (C=O) groups is 1. The third kappa shape index (κ3) is 2.65. The van der Waals surface area contributed by atoms with Crippen molar-refractivity contribution < 1.29 is 4.79 Å². The van der Waals surface area contributed by atoms with Gasteiger partial charge in [-0.15, -0.1) is 0 Å². The van der Waals surface area contributed by atoms with Crippen molar-refractivity contribution in [2.24, 2.45) is 7.05 Å². The molecule has 1 heterocycles. The molecule has 0 unspecified atom stereocenters. The summed E-state index contributed by atoms with van der Waals surface area (Å²) in [5.74, 6) is 0.0467. The van der Waals surface area contributed by atoms with E-state index in [0.29, 0.717) is 0 Å². The van der Waals surface area contributed by atoms with Crippen molar-refractivity contribution in [1.29, 1.82) is 0 Å². The Kier molecular flexibility index (Phi) is 4.25. The summed E-state index contributed by atoms with van der Waals surface area (Å²) in [7, 11) is 2.01. The van der Waals surface area contributed by atoms with Crippen LogP contribution in [0.1, 0.15) is 42.2 Å². The molecule has 1 aromatic heterocycles. The number of nitrogens with zero attached hydrogens (tertiary/aromatic N) is 1. The van der Waals surface area contributed by atoms with Gasteiger partial charge in [0.25, 0.3) is 5.91 Å². The highest BCUT2D eigenvalue weighted by Gasteiger charge is 2.17. The number of nitrogens with one attached hydrogen (secondary N) is 1. The molecule has 2 aromatic rings. The lowest BCUT2D eigenvalue weighted by molar-refractivity contribution is 0.0954. The zero-order valence-corrected chi connectivity index (χ0v) is 12.0. The van der Waals surface area contributed by atoms with E-state index in [1.54, 1.807) is 0 Å². The first-order valence-electron chi connectivity index (χ1n) is 6.99. The van der Waals surface area contributed by atoms with Crippen LogP contribution in [0, 0.1) is 6.92 Å². The summed E-state index contributed by atoms with van der Waals surface area (Å²) >= 11 is 0. The summed E-state index contributed by atoms with van der Waals surface area (Å²) < 4.78 is 2.08. The van der Waals surface area contributed by atoms with E-state index in [1.165, 1.54) is 6.42 Å². The molecule has 1 amide bonds. The summed E-state index contributed by atoms with van der Waals surface area (Å²) in [5, 5.41) is 4.07. The predicted octanol–water partition coefficient (Wildman–Crippen LogP) is 3.41. The van der Waals surface area contributed by atoms with Gasteiger partial charge in [0.15, 0.2) is 0 Å². The van der Waals surface area contributed by atoms with Crippen LogP contribution in [0.5, 0.6) is 0 Å². The van der Waals surface area contributed by atoms with E-state index in [2.05, 4.69) is 22.9 Å². The molecule has 0 bridgehead atoms. The van der Waals surface area contributed by atoms with Crippen LogP contribution in [0.4, 0.5) is 0 Å². The Labute approximate surface area is 114 Å². The van der Waals surface area contributed by atoms with Crippen molar-refractivity contribution in [1.82, 2.24) is 9.88 Å². The standard InChI is InChI=1S/C16H22N2O/c1-4-5-8-11-17-16(19)15-12(2)18(3)14-10-7-6-9-13(14)15/h6-7,9-10H,4-5,8,11H2,1-3H3,(H,17,19). The average molecular weight is 258 g/mol. The number of rotatable bonds is 5. The molecule has 1 aromatic carbocycles. The van der Waals surface area contributed by atoms with Crippen molar-refractivity contribution in [3.63, 3.8) is 0 Å². The van der Waals surface area contributed by atoms with Crippen LogP contribution in [0.15, 0.2) is 24.3 Å². The predicted molar refractivity (Wildman–Crippen MR) is 79.5 cm³/mol. The summed E-state index contributed by atoms with van der Waals surface area (Å²) in [6.45, 7) is 4.92. The SMILES string of the molecule is CCCCCNC(=O)c1c(C)n(C)c2ccccc12. The molecule has 0 atom stereocenters. The van der Waals surface area contributed by atoms with E-state index in [9.17, 15) is 4.79 Å². The topological polar surface area (TPSA) is 34.0 Å². The first-order chi connectivity index (χ1) is 9.16. The minimum Gasteiger partial charge on any atom is -0.352 e. The maximum atomic E-state index is 12.3. The third-order valence-electron chi connectivity index (χ3n) is 3.69. The Hall–Kier alpha value is -1.77. The number of hydrogen-bond donors (Lipinski definition) is 1. The molecule has 0 saturated heterocycles. The van der Waals surface area contributed by atoms with E-state index in [-0.39, 0.29) is 5.91 Å². The fourth-order valence-corrected chi connectivity index (χ4v) is 2.47. The largest absolute Gasteiger partial charge is 0.352 e. The highest BCUT2D eigenvalue weighted by atomic mass is 16.1. The van der Waals surface area contributed by atoms with Gasteiger partial charge in [-0.25, -0.2) is 0 Å². The number of aryl methyl sites for hydroxylation is 1. The summed E-state index contributed by atoms with van der Waals surface area (Å²) in [5.41, 5.74) is 2.95. The van der Waals surface area contributed by atoms with Gasteiger partial charge in [-0.2, -0.15) is 0 Å². The molecule has 0 aliphatic carbocycles. The first-order valence-corrected chi connectivity index (χ1v) is 6.99. The van der Waals surface area contributed by atoms with Crippen molar-refractivity contribution in [3.05, 3.63) is 35.5 Å². The maximum absolute atomic E-state index is 12.3. The molecule has 19 heavy (non-hydrogen) atoms.